The smallest absolute Gasteiger partial charge is 0.261 e. The van der Waals surface area contributed by atoms with Gasteiger partial charge < -0.3 is 9.32 Å². The molecule has 0 bridgehead atoms. The van der Waals surface area contributed by atoms with E-state index in [0.29, 0.717) is 17.7 Å². The van der Waals surface area contributed by atoms with Gasteiger partial charge in [-0.2, -0.15) is 0 Å². The summed E-state index contributed by atoms with van der Waals surface area (Å²) in [5.41, 5.74) is 1.02. The molecule has 0 unspecified atom stereocenters. The van der Waals surface area contributed by atoms with E-state index in [9.17, 15) is 9.59 Å². The van der Waals surface area contributed by atoms with Crippen molar-refractivity contribution in [1.82, 2.24) is 4.90 Å². The third-order valence-corrected chi connectivity index (χ3v) is 5.12. The summed E-state index contributed by atoms with van der Waals surface area (Å²) in [6.07, 6.45) is 5.26. The molecule has 5 nitrogen and oxygen atoms in total. The fourth-order valence-electron chi connectivity index (χ4n) is 3.85. The van der Waals surface area contributed by atoms with Crippen LogP contribution < -0.4 is 4.90 Å². The third kappa shape index (κ3) is 2.55. The number of hydrogen-bond acceptors (Lipinski definition) is 3. The SMILES string of the molecule is O=C1c2ccccc2C(=O)N1C[C@H](c1ccco1)[NH+]1CCCCC1. The van der Waals surface area contributed by atoms with E-state index < -0.39 is 0 Å². The molecule has 0 aliphatic carbocycles. The number of benzene rings is 1. The molecule has 2 amide bonds. The van der Waals surface area contributed by atoms with Gasteiger partial charge in [-0.25, -0.2) is 0 Å². The molecular weight excluding hydrogens is 304 g/mol. The van der Waals surface area contributed by atoms with Crippen molar-refractivity contribution >= 4 is 11.8 Å². The summed E-state index contributed by atoms with van der Waals surface area (Å²) >= 11 is 0. The molecule has 1 atom stereocenters. The van der Waals surface area contributed by atoms with E-state index in [0.717, 1.165) is 18.8 Å². The van der Waals surface area contributed by atoms with Crippen LogP contribution in [0.4, 0.5) is 0 Å². The number of hydrogen-bond donors (Lipinski definition) is 1. The molecule has 4 rings (SSSR count). The van der Waals surface area contributed by atoms with Crippen molar-refractivity contribution in [3.8, 4) is 0 Å². The molecule has 3 heterocycles. The van der Waals surface area contributed by atoms with Crippen LogP contribution >= 0.6 is 0 Å². The van der Waals surface area contributed by atoms with Crippen LogP contribution in [0.2, 0.25) is 0 Å². The standard InChI is InChI=1S/C19H20N2O3/c22-18-14-7-2-3-8-15(14)19(23)21(18)13-16(17-9-6-12-24-17)20-10-4-1-5-11-20/h2-3,6-9,12,16H,1,4-5,10-11,13H2/p+1/t16-/m1/s1. The van der Waals surface area contributed by atoms with Gasteiger partial charge in [0.2, 0.25) is 0 Å². The van der Waals surface area contributed by atoms with Crippen LogP contribution in [0.1, 0.15) is 51.8 Å². The lowest BCUT2D eigenvalue weighted by Gasteiger charge is -2.32. The molecule has 2 aliphatic heterocycles. The highest BCUT2D eigenvalue weighted by molar-refractivity contribution is 6.21. The number of fused-ring (bicyclic) bond motifs is 1. The van der Waals surface area contributed by atoms with E-state index in [4.69, 9.17) is 4.42 Å². The number of quaternary nitrogens is 1. The topological polar surface area (TPSA) is 55.0 Å². The van der Waals surface area contributed by atoms with Gasteiger partial charge in [-0.15, -0.1) is 0 Å². The number of nitrogens with one attached hydrogen (secondary N) is 1. The van der Waals surface area contributed by atoms with Crippen molar-refractivity contribution in [3.63, 3.8) is 0 Å². The molecule has 2 aromatic rings. The Hall–Kier alpha value is -2.40. The highest BCUT2D eigenvalue weighted by Crippen LogP contribution is 2.25. The summed E-state index contributed by atoms with van der Waals surface area (Å²) in [6.45, 7) is 2.47. The molecule has 0 radical (unpaired) electrons. The first-order valence-corrected chi connectivity index (χ1v) is 8.59. The minimum atomic E-state index is -0.191. The van der Waals surface area contributed by atoms with Gasteiger partial charge in [-0.05, 0) is 43.5 Å². The van der Waals surface area contributed by atoms with E-state index in [1.807, 2.05) is 12.1 Å². The molecule has 1 N–H and O–H groups in total. The number of likely N-dealkylation sites (tertiary alicyclic amines) is 1. The highest BCUT2D eigenvalue weighted by Gasteiger charge is 2.40. The highest BCUT2D eigenvalue weighted by atomic mass is 16.3. The first kappa shape index (κ1) is 15.1. The lowest BCUT2D eigenvalue weighted by molar-refractivity contribution is -0.936. The molecule has 1 aromatic carbocycles. The Kier molecular flexibility index (Phi) is 3.94. The number of furan rings is 1. The molecule has 0 saturated carbocycles. The molecule has 2 aliphatic rings. The molecule has 1 aromatic heterocycles. The van der Waals surface area contributed by atoms with Crippen molar-refractivity contribution in [3.05, 3.63) is 59.5 Å². The number of rotatable bonds is 4. The number of piperidine rings is 1. The Labute approximate surface area is 140 Å². The fraction of sp³-hybridized carbons (Fsp3) is 0.368. The summed E-state index contributed by atoms with van der Waals surface area (Å²) in [4.78, 5) is 28.1. The minimum absolute atomic E-state index is 0.00233. The first-order valence-electron chi connectivity index (χ1n) is 8.59. The van der Waals surface area contributed by atoms with Crippen molar-refractivity contribution < 1.29 is 18.9 Å². The van der Waals surface area contributed by atoms with E-state index in [1.165, 1.54) is 29.1 Å². The zero-order chi connectivity index (χ0) is 16.5. The van der Waals surface area contributed by atoms with Crippen molar-refractivity contribution in [2.75, 3.05) is 19.6 Å². The van der Waals surface area contributed by atoms with Crippen molar-refractivity contribution in [2.45, 2.75) is 25.3 Å². The van der Waals surface area contributed by atoms with Crippen LogP contribution in [-0.4, -0.2) is 36.3 Å². The van der Waals surface area contributed by atoms with E-state index in [-0.39, 0.29) is 17.9 Å². The second kappa shape index (κ2) is 6.24. The average Bonchev–Trinajstić information content (AvgIpc) is 3.23. The summed E-state index contributed by atoms with van der Waals surface area (Å²) in [7, 11) is 0. The molecule has 24 heavy (non-hydrogen) atoms. The zero-order valence-electron chi connectivity index (χ0n) is 13.5. The number of carbonyl (C=O) groups excluding carboxylic acids is 2. The monoisotopic (exact) mass is 325 g/mol. The fourth-order valence-corrected chi connectivity index (χ4v) is 3.85. The number of nitrogens with zero attached hydrogens (tertiary/aromatic N) is 1. The number of amides is 2. The van der Waals surface area contributed by atoms with Crippen LogP contribution in [0, 0.1) is 0 Å². The number of carbonyl (C=O) groups is 2. The maximum atomic E-state index is 12.7. The van der Waals surface area contributed by atoms with Gasteiger partial charge >= 0.3 is 0 Å². The van der Waals surface area contributed by atoms with Crippen LogP contribution in [-0.2, 0) is 0 Å². The third-order valence-electron chi connectivity index (χ3n) is 5.12. The molecule has 5 heteroatoms. The Bertz CT molecular complexity index is 713. The molecule has 124 valence electrons. The zero-order valence-corrected chi connectivity index (χ0v) is 13.5. The normalized spacial score (nSPS) is 19.6. The minimum Gasteiger partial charge on any atom is -0.463 e. The van der Waals surface area contributed by atoms with E-state index in [2.05, 4.69) is 0 Å². The van der Waals surface area contributed by atoms with E-state index in [1.54, 1.807) is 30.5 Å². The van der Waals surface area contributed by atoms with Crippen LogP contribution in [0.5, 0.6) is 0 Å². The Morgan fingerprint density at radius 3 is 2.21 bits per heavy atom. The lowest BCUT2D eigenvalue weighted by Crippen LogP contribution is -3.13. The second-order valence-electron chi connectivity index (χ2n) is 6.55. The van der Waals surface area contributed by atoms with Crippen LogP contribution in [0.15, 0.2) is 47.1 Å². The van der Waals surface area contributed by atoms with Gasteiger partial charge in [-0.3, -0.25) is 14.5 Å². The summed E-state index contributed by atoms with van der Waals surface area (Å²) in [5, 5.41) is 0. The predicted octanol–water partition coefficient (Wildman–Crippen LogP) is 1.69. The van der Waals surface area contributed by atoms with Gasteiger partial charge in [0.25, 0.3) is 11.8 Å². The Morgan fingerprint density at radius 2 is 1.62 bits per heavy atom. The predicted molar refractivity (Wildman–Crippen MR) is 87.8 cm³/mol. The molecule has 0 spiro atoms. The first-order chi connectivity index (χ1) is 11.8. The Balaban J connectivity index is 1.61. The summed E-state index contributed by atoms with van der Waals surface area (Å²) < 4.78 is 5.64. The van der Waals surface area contributed by atoms with Gasteiger partial charge in [0, 0.05) is 0 Å². The van der Waals surface area contributed by atoms with Crippen LogP contribution in [0.25, 0.3) is 0 Å². The summed E-state index contributed by atoms with van der Waals surface area (Å²) in [5.74, 6) is 0.468. The second-order valence-corrected chi connectivity index (χ2v) is 6.55. The quantitative estimate of drug-likeness (QED) is 0.870. The number of imide groups is 1. The largest absolute Gasteiger partial charge is 0.463 e. The molecule has 1 fully saturated rings. The van der Waals surface area contributed by atoms with Crippen LogP contribution in [0.3, 0.4) is 0 Å². The lowest BCUT2D eigenvalue weighted by atomic mass is 10.1. The van der Waals surface area contributed by atoms with Gasteiger partial charge in [0.1, 0.15) is 0 Å². The maximum Gasteiger partial charge on any atom is 0.261 e. The van der Waals surface area contributed by atoms with Crippen molar-refractivity contribution in [1.29, 1.82) is 0 Å². The van der Waals surface area contributed by atoms with Gasteiger partial charge in [0.15, 0.2) is 11.8 Å². The average molecular weight is 325 g/mol. The Morgan fingerprint density at radius 1 is 0.958 bits per heavy atom. The molecular formula is C19H21N2O3+. The van der Waals surface area contributed by atoms with E-state index >= 15 is 0 Å². The maximum absolute atomic E-state index is 12.7. The summed E-state index contributed by atoms with van der Waals surface area (Å²) in [6, 6.07) is 10.9. The molecule has 1 saturated heterocycles. The van der Waals surface area contributed by atoms with Gasteiger partial charge in [0.05, 0.1) is 37.0 Å². The van der Waals surface area contributed by atoms with Crippen molar-refractivity contribution in [2.24, 2.45) is 0 Å². The van der Waals surface area contributed by atoms with Gasteiger partial charge in [-0.1, -0.05) is 12.1 Å².